The Kier molecular flexibility index (Phi) is 8.89. The van der Waals surface area contributed by atoms with E-state index in [0.717, 1.165) is 43.3 Å². The van der Waals surface area contributed by atoms with Crippen LogP contribution in [0.4, 0.5) is 5.69 Å². The lowest BCUT2D eigenvalue weighted by atomic mass is 9.93. The highest BCUT2D eigenvalue weighted by atomic mass is 32.2. The molecule has 1 aliphatic carbocycles. The van der Waals surface area contributed by atoms with Crippen molar-refractivity contribution in [2.45, 2.75) is 37.5 Å². The molecule has 4 rings (SSSR count). The van der Waals surface area contributed by atoms with Gasteiger partial charge >= 0.3 is 0 Å². The van der Waals surface area contributed by atoms with Crippen molar-refractivity contribution in [1.29, 1.82) is 0 Å². The predicted octanol–water partition coefficient (Wildman–Crippen LogP) is 4.02. The zero-order chi connectivity index (χ0) is 29.9. The Labute approximate surface area is 241 Å². The fraction of sp³-hybridized carbons (Fsp3) is 0.300. The highest BCUT2D eigenvalue weighted by molar-refractivity contribution is 7.89. The predicted molar refractivity (Wildman–Crippen MR) is 162 cm³/mol. The number of fused-ring (bicyclic) bond motifs is 2. The minimum atomic E-state index is -4.86. The average Bonchev–Trinajstić information content (AvgIpc) is 2.95. The molecule has 9 nitrogen and oxygen atoms in total. The van der Waals surface area contributed by atoms with Gasteiger partial charge < -0.3 is 9.32 Å². The van der Waals surface area contributed by atoms with Crippen molar-refractivity contribution < 1.29 is 25.8 Å². The molecule has 2 aromatic carbocycles. The first-order chi connectivity index (χ1) is 19.5. The van der Waals surface area contributed by atoms with E-state index in [-0.39, 0.29) is 17.0 Å². The third-order valence-electron chi connectivity index (χ3n) is 7.12. The molecular formula is C30H34N3O6S2+. The zero-order valence-corrected chi connectivity index (χ0v) is 25.1. The second-order valence-corrected chi connectivity index (χ2v) is 12.5. The van der Waals surface area contributed by atoms with Gasteiger partial charge in [-0.15, -0.1) is 6.42 Å². The summed E-state index contributed by atoms with van der Waals surface area (Å²) in [7, 11) is -8.99. The number of terminal acetylenes is 1. The summed E-state index contributed by atoms with van der Waals surface area (Å²) in [4.78, 5) is 1.28. The molecule has 1 aliphatic heterocycles. The van der Waals surface area contributed by atoms with Gasteiger partial charge in [0.15, 0.2) is 0 Å². The van der Waals surface area contributed by atoms with Crippen molar-refractivity contribution in [3.63, 3.8) is 0 Å². The van der Waals surface area contributed by atoms with Gasteiger partial charge in [-0.05, 0) is 58.0 Å². The van der Waals surface area contributed by atoms with E-state index in [4.69, 9.17) is 10.8 Å². The minimum absolute atomic E-state index is 0.139. The number of benzene rings is 3. The van der Waals surface area contributed by atoms with Gasteiger partial charge in [-0.2, -0.15) is 13.1 Å². The third-order valence-corrected chi connectivity index (χ3v) is 9.41. The van der Waals surface area contributed by atoms with E-state index < -0.39 is 25.0 Å². The van der Waals surface area contributed by atoms with Crippen LogP contribution in [0.3, 0.4) is 0 Å². The molecule has 2 aliphatic rings. The van der Waals surface area contributed by atoms with Crippen LogP contribution in [0, 0.1) is 12.3 Å². The van der Waals surface area contributed by atoms with E-state index in [0.29, 0.717) is 27.9 Å². The summed E-state index contributed by atoms with van der Waals surface area (Å²) in [6, 6.07) is 15.0. The summed E-state index contributed by atoms with van der Waals surface area (Å²) >= 11 is 0. The van der Waals surface area contributed by atoms with Crippen molar-refractivity contribution in [1.82, 2.24) is 9.30 Å². The minimum Gasteiger partial charge on any atom is -0.456 e. The first-order valence-electron chi connectivity index (χ1n) is 13.4. The molecule has 0 fully saturated rings. The molecule has 1 heterocycles. The molecule has 0 radical (unpaired) electrons. The summed E-state index contributed by atoms with van der Waals surface area (Å²) in [5, 5.41) is 1.54. The largest absolute Gasteiger partial charge is 0.456 e. The van der Waals surface area contributed by atoms with Crippen LogP contribution in [0.25, 0.3) is 33.4 Å². The molecule has 0 saturated carbocycles. The fourth-order valence-electron chi connectivity index (χ4n) is 5.04. The Bertz CT molecular complexity index is 1890. The molecule has 2 aromatic rings. The fourth-order valence-corrected chi connectivity index (χ4v) is 6.80. The van der Waals surface area contributed by atoms with Crippen LogP contribution in [-0.4, -0.2) is 54.1 Å². The molecule has 41 heavy (non-hydrogen) atoms. The molecule has 0 aromatic heterocycles. The molecule has 2 N–H and O–H groups in total. The van der Waals surface area contributed by atoms with E-state index in [1.807, 2.05) is 36.4 Å². The van der Waals surface area contributed by atoms with Crippen LogP contribution in [0.5, 0.6) is 0 Å². The molecule has 0 unspecified atom stereocenters. The Morgan fingerprint density at radius 1 is 0.927 bits per heavy atom. The Hall–Kier alpha value is -3.69. The average molecular weight is 597 g/mol. The number of anilines is 1. The standard InChI is InChI=1S/C30H33N3O6S2/c1-6-17-31-40(34,35)23-13-16-26(29(20-23)41(36,37)38)30-24-14-11-21(32(7-2)8-3)18-27(24)39-28-19-22(12-15-25(28)30)33(9-4)10-5/h1,11-16,18-20,31H,7-10,17H2,2-5H3/p+1. The van der Waals surface area contributed by atoms with Crippen LogP contribution in [0.15, 0.2) is 68.8 Å². The maximum absolute atomic E-state index is 12.8. The van der Waals surface area contributed by atoms with Crippen molar-refractivity contribution >= 4 is 36.8 Å². The summed E-state index contributed by atoms with van der Waals surface area (Å²) < 4.78 is 72.0. The molecule has 0 atom stereocenters. The molecule has 0 saturated heterocycles. The van der Waals surface area contributed by atoms with E-state index in [9.17, 15) is 21.4 Å². The quantitative estimate of drug-likeness (QED) is 0.123. The van der Waals surface area contributed by atoms with Crippen molar-refractivity contribution in [3.8, 4) is 34.8 Å². The van der Waals surface area contributed by atoms with Crippen LogP contribution in [-0.2, 0) is 20.1 Å². The van der Waals surface area contributed by atoms with Crippen molar-refractivity contribution in [2.75, 3.05) is 37.6 Å². The summed E-state index contributed by atoms with van der Waals surface area (Å²) in [6.45, 7) is 11.1. The lowest BCUT2D eigenvalue weighted by Gasteiger charge is -2.22. The highest BCUT2D eigenvalue weighted by Gasteiger charge is 2.27. The number of nitrogens with one attached hydrogen (secondary N) is 1. The van der Waals surface area contributed by atoms with Crippen molar-refractivity contribution in [2.24, 2.45) is 0 Å². The van der Waals surface area contributed by atoms with Gasteiger partial charge in [-0.25, -0.2) is 13.0 Å². The molecule has 11 heteroatoms. The van der Waals surface area contributed by atoms with E-state index in [1.54, 1.807) is 0 Å². The summed E-state index contributed by atoms with van der Waals surface area (Å²) in [5.41, 5.74) is 2.69. The second-order valence-electron chi connectivity index (χ2n) is 9.34. The van der Waals surface area contributed by atoms with Crippen LogP contribution < -0.4 is 19.6 Å². The molecular weight excluding hydrogens is 562 g/mol. The molecule has 0 bridgehead atoms. The number of rotatable bonds is 10. The van der Waals surface area contributed by atoms with Crippen LogP contribution in [0.2, 0.25) is 0 Å². The van der Waals surface area contributed by atoms with Gasteiger partial charge in [-0.3, -0.25) is 4.55 Å². The SMILES string of the molecule is C#CCNS(=O)(=O)c1ccc(-c2c3ccc(=[N+](CC)CC)cc-3oc3cc(N(CC)CC)ccc23)c(S(=O)(=O)O)c1. The first kappa shape index (κ1) is 30.3. The van der Waals surface area contributed by atoms with Gasteiger partial charge in [0, 0.05) is 53.0 Å². The highest BCUT2D eigenvalue weighted by Crippen LogP contribution is 2.43. The van der Waals surface area contributed by atoms with Crippen LogP contribution in [0.1, 0.15) is 27.7 Å². The number of hydrogen-bond donors (Lipinski definition) is 2. The van der Waals surface area contributed by atoms with Crippen molar-refractivity contribution in [3.05, 3.63) is 60.0 Å². The summed E-state index contributed by atoms with van der Waals surface area (Å²) in [6.07, 6.45) is 5.18. The molecule has 0 amide bonds. The van der Waals surface area contributed by atoms with Crippen LogP contribution >= 0.6 is 0 Å². The Balaban J connectivity index is 2.14. The topological polar surface area (TPSA) is 120 Å². The Morgan fingerprint density at radius 2 is 1.61 bits per heavy atom. The van der Waals surface area contributed by atoms with E-state index >= 15 is 0 Å². The number of sulfonamides is 1. The maximum Gasteiger partial charge on any atom is 0.295 e. The lowest BCUT2D eigenvalue weighted by Crippen LogP contribution is -2.29. The number of hydrogen-bond acceptors (Lipinski definition) is 6. The smallest absolute Gasteiger partial charge is 0.295 e. The maximum atomic E-state index is 12.8. The van der Waals surface area contributed by atoms with Gasteiger partial charge in [0.25, 0.3) is 10.1 Å². The van der Waals surface area contributed by atoms with Gasteiger partial charge in [0.1, 0.15) is 29.3 Å². The van der Waals surface area contributed by atoms with E-state index in [2.05, 4.69) is 47.8 Å². The van der Waals surface area contributed by atoms with Gasteiger partial charge in [0.05, 0.1) is 17.5 Å². The summed E-state index contributed by atoms with van der Waals surface area (Å²) in [5.74, 6) is 2.70. The zero-order valence-electron chi connectivity index (χ0n) is 23.5. The monoisotopic (exact) mass is 596 g/mol. The number of nitrogens with zero attached hydrogens (tertiary/aromatic N) is 2. The first-order valence-corrected chi connectivity index (χ1v) is 16.3. The van der Waals surface area contributed by atoms with Gasteiger partial charge in [-0.1, -0.05) is 12.0 Å². The van der Waals surface area contributed by atoms with E-state index in [1.165, 1.54) is 12.1 Å². The van der Waals surface area contributed by atoms with Gasteiger partial charge in [0.2, 0.25) is 15.4 Å². The lowest BCUT2D eigenvalue weighted by molar-refractivity contribution is 0.483. The molecule has 0 spiro atoms. The third kappa shape index (κ3) is 6.01. The Morgan fingerprint density at radius 3 is 2.22 bits per heavy atom. The second kappa shape index (κ2) is 12.0. The molecule has 216 valence electrons. The normalized spacial score (nSPS) is 12.0.